The summed E-state index contributed by atoms with van der Waals surface area (Å²) in [7, 11) is -3.42. The Balaban J connectivity index is 0.848. The molecule has 0 N–H and O–H groups in total. The average Bonchev–Trinajstić information content (AvgIpc) is 3.70. The van der Waals surface area contributed by atoms with E-state index in [2.05, 4.69) is 329 Å². The van der Waals surface area contributed by atoms with Crippen molar-refractivity contribution in [2.75, 3.05) is 13.7 Å². The third-order valence-corrected chi connectivity index (χ3v) is 26.2. The van der Waals surface area contributed by atoms with E-state index in [9.17, 15) is 0 Å². The smallest absolute Gasteiger partial charge is 0.179 e. The fourth-order valence-corrected chi connectivity index (χ4v) is 21.6. The quantitative estimate of drug-likeness (QED) is 0.0383. The molecule has 0 spiro atoms. The number of methoxy groups -OCH3 is 1. The molecule has 2 nitrogen and oxygen atoms in total. The Morgan fingerprint density at radius 3 is 0.904 bits per heavy atom. The minimum Gasteiger partial charge on any atom is -0.496 e. The molecule has 0 saturated carbocycles. The summed E-state index contributed by atoms with van der Waals surface area (Å²) in [5.74, 6) is 2.15. The fourth-order valence-electron chi connectivity index (χ4n) is 12.2. The summed E-state index contributed by atoms with van der Waals surface area (Å²) < 4.78 is 13.1. The highest BCUT2D eigenvalue weighted by atomic mass is 28.3. The number of benzene rings is 11. The first kappa shape index (κ1) is 55.8. The van der Waals surface area contributed by atoms with E-state index < -0.39 is 16.1 Å². The van der Waals surface area contributed by atoms with Crippen LogP contribution < -0.4 is 51.0 Å². The second-order valence-corrected chi connectivity index (χ2v) is 29.2. The maximum atomic E-state index is 6.90. The van der Waals surface area contributed by atoms with Gasteiger partial charge in [0.05, 0.1) is 13.7 Å². The SMILES string of the molecule is CCCCC(CC)COc1cc(-c2ccc(/C=C/c3ccc([Si](c4ccccc4)(c4ccccc4)c4ccccc4)cc3)cc2)c(OC)cc1-c1ccc(/C=C/c2ccc([Si](c3ccccc3)(c3ccccc3)c3ccccc3)cc2)cc1. The number of hydrogen-bond acceptors (Lipinski definition) is 2. The Kier molecular flexibility index (Phi) is 17.9. The zero-order chi connectivity index (χ0) is 56.7. The maximum absolute atomic E-state index is 6.90. The van der Waals surface area contributed by atoms with E-state index in [0.29, 0.717) is 12.5 Å². The molecule has 408 valence electrons. The monoisotopic (exact) mass is 1110 g/mol. The van der Waals surface area contributed by atoms with Gasteiger partial charge in [0.1, 0.15) is 11.5 Å². The molecule has 83 heavy (non-hydrogen) atoms. The second kappa shape index (κ2) is 26.7. The lowest BCUT2D eigenvalue weighted by Crippen LogP contribution is -2.74. The van der Waals surface area contributed by atoms with Crippen LogP contribution in [0.2, 0.25) is 0 Å². The third kappa shape index (κ3) is 12.1. The van der Waals surface area contributed by atoms with Crippen LogP contribution in [0.5, 0.6) is 11.5 Å². The predicted molar refractivity (Wildman–Crippen MR) is 361 cm³/mol. The molecule has 4 heteroatoms. The summed E-state index contributed by atoms with van der Waals surface area (Å²) in [6.07, 6.45) is 13.5. The van der Waals surface area contributed by atoms with Crippen LogP contribution in [0.25, 0.3) is 46.6 Å². The van der Waals surface area contributed by atoms with Crippen LogP contribution in [0.4, 0.5) is 0 Å². The average molecular weight is 1110 g/mol. The molecular formula is C79H72O2Si2. The van der Waals surface area contributed by atoms with Crippen LogP contribution in [0.1, 0.15) is 61.8 Å². The van der Waals surface area contributed by atoms with E-state index in [4.69, 9.17) is 9.47 Å². The van der Waals surface area contributed by atoms with Crippen LogP contribution in [-0.2, 0) is 0 Å². The van der Waals surface area contributed by atoms with E-state index >= 15 is 0 Å². The molecule has 0 aliphatic rings. The van der Waals surface area contributed by atoms with Crippen molar-refractivity contribution >= 4 is 81.9 Å². The number of rotatable bonds is 22. The summed E-state index contributed by atoms with van der Waals surface area (Å²) in [6, 6.07) is 107. The normalized spacial score (nSPS) is 12.1. The van der Waals surface area contributed by atoms with Crippen LogP contribution in [0.15, 0.2) is 291 Å². The Labute approximate surface area is 494 Å². The lowest BCUT2D eigenvalue weighted by molar-refractivity contribution is 0.234. The van der Waals surface area contributed by atoms with Gasteiger partial charge in [0.2, 0.25) is 0 Å². The molecule has 0 fully saturated rings. The summed E-state index contributed by atoms with van der Waals surface area (Å²) in [4.78, 5) is 0. The fraction of sp³-hybridized carbons (Fsp3) is 0.114. The lowest BCUT2D eigenvalue weighted by atomic mass is 9.96. The van der Waals surface area contributed by atoms with Crippen molar-refractivity contribution < 1.29 is 9.47 Å². The molecule has 11 rings (SSSR count). The largest absolute Gasteiger partial charge is 0.496 e. The summed E-state index contributed by atoms with van der Waals surface area (Å²) in [5, 5.41) is 10.9. The molecule has 11 aromatic rings. The molecule has 1 unspecified atom stereocenters. The van der Waals surface area contributed by atoms with E-state index in [1.807, 2.05) is 0 Å². The summed E-state index contributed by atoms with van der Waals surface area (Å²) >= 11 is 0. The van der Waals surface area contributed by atoms with Crippen LogP contribution in [0.3, 0.4) is 0 Å². The first-order chi connectivity index (χ1) is 41.0. The van der Waals surface area contributed by atoms with Crippen LogP contribution in [-0.4, -0.2) is 29.9 Å². The van der Waals surface area contributed by atoms with Crippen molar-refractivity contribution in [3.05, 3.63) is 313 Å². The topological polar surface area (TPSA) is 18.5 Å². The Morgan fingerprint density at radius 1 is 0.337 bits per heavy atom. The first-order valence-electron chi connectivity index (χ1n) is 29.5. The number of ether oxygens (including phenoxy) is 2. The number of unbranched alkanes of at least 4 members (excludes halogenated alkanes) is 1. The van der Waals surface area contributed by atoms with E-state index in [1.165, 1.54) is 54.3 Å². The van der Waals surface area contributed by atoms with E-state index in [0.717, 1.165) is 68.8 Å². The van der Waals surface area contributed by atoms with Gasteiger partial charge >= 0.3 is 0 Å². The van der Waals surface area contributed by atoms with Gasteiger partial charge in [-0.25, -0.2) is 0 Å². The van der Waals surface area contributed by atoms with Crippen molar-refractivity contribution in [1.29, 1.82) is 0 Å². The van der Waals surface area contributed by atoms with Crippen molar-refractivity contribution in [1.82, 2.24) is 0 Å². The van der Waals surface area contributed by atoms with Gasteiger partial charge in [-0.15, -0.1) is 0 Å². The molecule has 0 heterocycles. The van der Waals surface area contributed by atoms with Crippen molar-refractivity contribution in [3.8, 4) is 33.8 Å². The van der Waals surface area contributed by atoms with Gasteiger partial charge in [-0.1, -0.05) is 336 Å². The van der Waals surface area contributed by atoms with Gasteiger partial charge in [-0.2, -0.15) is 0 Å². The van der Waals surface area contributed by atoms with E-state index in [1.54, 1.807) is 7.11 Å². The maximum Gasteiger partial charge on any atom is 0.179 e. The summed E-state index contributed by atoms with van der Waals surface area (Å²) in [6.45, 7) is 5.21. The zero-order valence-corrected chi connectivity index (χ0v) is 50.0. The number of hydrogen-bond donors (Lipinski definition) is 0. The Hall–Kier alpha value is -9.07. The molecular weight excluding hydrogens is 1040 g/mol. The van der Waals surface area contributed by atoms with Gasteiger partial charge in [-0.3, -0.25) is 0 Å². The Bertz CT molecular complexity index is 3650. The predicted octanol–water partition coefficient (Wildman–Crippen LogP) is 14.7. The van der Waals surface area contributed by atoms with Crippen molar-refractivity contribution in [3.63, 3.8) is 0 Å². The molecule has 0 amide bonds. The van der Waals surface area contributed by atoms with Gasteiger partial charge in [0.15, 0.2) is 16.1 Å². The molecule has 1 atom stereocenters. The molecule has 11 aromatic carbocycles. The first-order valence-corrected chi connectivity index (χ1v) is 33.5. The summed E-state index contributed by atoms with van der Waals surface area (Å²) in [5.41, 5.74) is 8.74. The van der Waals surface area contributed by atoms with Crippen molar-refractivity contribution in [2.45, 2.75) is 39.5 Å². The third-order valence-electron chi connectivity index (χ3n) is 16.6. The van der Waals surface area contributed by atoms with Gasteiger partial charge in [0.25, 0.3) is 0 Å². The highest BCUT2D eigenvalue weighted by molar-refractivity contribution is 7.20. The van der Waals surface area contributed by atoms with Crippen molar-refractivity contribution in [2.24, 2.45) is 5.92 Å². The van der Waals surface area contributed by atoms with E-state index in [-0.39, 0.29) is 0 Å². The standard InChI is InChI=1S/C79H72O2Si2/c1-4-6-25-61(5-2)60-81-79-59-76(66-50-42-62(43-51-66)38-40-64-46-54-74(55-47-64)82(68-26-13-7-14-27-68,69-28-15-8-16-29-69)70-30-17-9-18-31-70)78(80-3)58-77(79)67-52-44-63(45-53-67)39-41-65-48-56-75(57-49-65)83(71-32-19-10-20-33-71,72-34-21-11-22-35-72)73-36-23-12-24-37-73/h7-24,26-59,61H,4-6,25,60H2,1-3H3/b40-38+,41-39+. The lowest BCUT2D eigenvalue weighted by Gasteiger charge is -2.34. The molecule has 0 aliphatic carbocycles. The van der Waals surface area contributed by atoms with Gasteiger partial charge in [-0.05, 0) is 99.3 Å². The second-order valence-electron chi connectivity index (χ2n) is 21.6. The minimum atomic E-state index is -2.59. The van der Waals surface area contributed by atoms with Crippen LogP contribution >= 0.6 is 0 Å². The van der Waals surface area contributed by atoms with Gasteiger partial charge in [0, 0.05) is 11.1 Å². The molecule has 0 saturated heterocycles. The molecule has 0 bridgehead atoms. The zero-order valence-electron chi connectivity index (χ0n) is 48.0. The van der Waals surface area contributed by atoms with Gasteiger partial charge < -0.3 is 9.47 Å². The highest BCUT2D eigenvalue weighted by Crippen LogP contribution is 2.42. The highest BCUT2D eigenvalue weighted by Gasteiger charge is 2.42. The minimum absolute atomic E-state index is 0.479. The molecule has 0 aliphatic heterocycles. The molecule has 0 aromatic heterocycles. The Morgan fingerprint density at radius 2 is 0.614 bits per heavy atom. The van der Waals surface area contributed by atoms with Crippen LogP contribution in [0, 0.1) is 5.92 Å². The molecule has 0 radical (unpaired) electrons.